The van der Waals surface area contributed by atoms with Gasteiger partial charge < -0.3 is 5.73 Å². The predicted molar refractivity (Wildman–Crippen MR) is 35.8 cm³/mol. The summed E-state index contributed by atoms with van der Waals surface area (Å²) in [7, 11) is 0. The molecule has 0 heterocycles. The first kappa shape index (κ1) is 6.75. The van der Waals surface area contributed by atoms with Gasteiger partial charge in [0.2, 0.25) is 0 Å². The first-order valence-corrected chi connectivity index (χ1v) is 3.35. The molecule has 2 N–H and O–H groups in total. The zero-order valence-corrected chi connectivity index (χ0v) is 5.39. The van der Waals surface area contributed by atoms with E-state index in [0.29, 0.717) is 18.9 Å². The maximum Gasteiger partial charge on any atom is 0.118 e. The molecular weight excluding hydrogens is 117 g/mol. The van der Waals surface area contributed by atoms with Crippen LogP contribution in [0.2, 0.25) is 0 Å². The highest BCUT2D eigenvalue weighted by Gasteiger charge is 2.12. The van der Waals surface area contributed by atoms with Gasteiger partial charge in [-0.2, -0.15) is 0 Å². The fraction of sp³-hybridized carbons (Fsp3) is 0.714. The van der Waals surface area contributed by atoms with Crippen LogP contribution in [0.4, 0.5) is 4.39 Å². The number of alkyl halides is 1. The third-order valence-corrected chi connectivity index (χ3v) is 1.71. The Labute approximate surface area is 54.7 Å². The number of allylic oxidation sites excluding steroid dienone is 1. The highest BCUT2D eigenvalue weighted by atomic mass is 19.1. The summed E-state index contributed by atoms with van der Waals surface area (Å²) in [5.41, 5.74) is 5.37. The van der Waals surface area contributed by atoms with E-state index in [9.17, 15) is 4.39 Å². The lowest BCUT2D eigenvalue weighted by atomic mass is 9.95. The van der Waals surface area contributed by atoms with E-state index in [1.165, 1.54) is 0 Å². The van der Waals surface area contributed by atoms with Gasteiger partial charge in [0.05, 0.1) is 0 Å². The van der Waals surface area contributed by atoms with Gasteiger partial charge in [0, 0.05) is 0 Å². The summed E-state index contributed by atoms with van der Waals surface area (Å²) in [4.78, 5) is 0. The van der Waals surface area contributed by atoms with Crippen molar-refractivity contribution in [1.82, 2.24) is 0 Å². The monoisotopic (exact) mass is 129 g/mol. The van der Waals surface area contributed by atoms with Gasteiger partial charge in [0.25, 0.3) is 0 Å². The standard InChI is InChI=1S/C7H12FN/c8-7-3-1-6(5-9)2-4-7/h1,3,6-7H,2,4-5,9H2. The van der Waals surface area contributed by atoms with Gasteiger partial charge in [-0.15, -0.1) is 0 Å². The molecular formula is C7H12FN. The highest BCUT2D eigenvalue weighted by Crippen LogP contribution is 2.17. The van der Waals surface area contributed by atoms with Gasteiger partial charge in [-0.3, -0.25) is 0 Å². The van der Waals surface area contributed by atoms with Crippen molar-refractivity contribution in [3.05, 3.63) is 12.2 Å². The highest BCUT2D eigenvalue weighted by molar-refractivity contribution is 4.98. The lowest BCUT2D eigenvalue weighted by Gasteiger charge is -2.15. The van der Waals surface area contributed by atoms with Crippen molar-refractivity contribution in [1.29, 1.82) is 0 Å². The Morgan fingerprint density at radius 1 is 1.44 bits per heavy atom. The zero-order chi connectivity index (χ0) is 6.69. The van der Waals surface area contributed by atoms with Crippen LogP contribution in [0.3, 0.4) is 0 Å². The van der Waals surface area contributed by atoms with Crippen molar-refractivity contribution < 1.29 is 4.39 Å². The van der Waals surface area contributed by atoms with Crippen LogP contribution in [0.5, 0.6) is 0 Å². The van der Waals surface area contributed by atoms with Gasteiger partial charge in [-0.25, -0.2) is 4.39 Å². The molecule has 9 heavy (non-hydrogen) atoms. The lowest BCUT2D eigenvalue weighted by molar-refractivity contribution is 0.337. The molecule has 2 heteroatoms. The molecule has 0 aromatic rings. The minimum Gasteiger partial charge on any atom is -0.330 e. The largest absolute Gasteiger partial charge is 0.330 e. The average Bonchev–Trinajstić information content (AvgIpc) is 1.90. The molecule has 1 nitrogen and oxygen atoms in total. The SMILES string of the molecule is NCC1C=CC(F)CC1. The van der Waals surface area contributed by atoms with Crippen LogP contribution in [0, 0.1) is 5.92 Å². The Kier molecular flexibility index (Phi) is 2.22. The van der Waals surface area contributed by atoms with E-state index >= 15 is 0 Å². The third-order valence-electron chi connectivity index (χ3n) is 1.71. The summed E-state index contributed by atoms with van der Waals surface area (Å²) in [6, 6.07) is 0. The Balaban J connectivity index is 2.38. The summed E-state index contributed by atoms with van der Waals surface area (Å²) in [6.07, 6.45) is 4.34. The lowest BCUT2D eigenvalue weighted by Crippen LogP contribution is -2.17. The third kappa shape index (κ3) is 1.79. The van der Waals surface area contributed by atoms with E-state index < -0.39 is 6.17 Å². The van der Waals surface area contributed by atoms with Gasteiger partial charge in [0.15, 0.2) is 0 Å². The second-order valence-electron chi connectivity index (χ2n) is 2.47. The van der Waals surface area contributed by atoms with E-state index in [1.54, 1.807) is 6.08 Å². The molecule has 0 amide bonds. The summed E-state index contributed by atoms with van der Waals surface area (Å²) in [5.74, 6) is 0.428. The number of halogens is 1. The minimum atomic E-state index is -0.715. The van der Waals surface area contributed by atoms with E-state index in [4.69, 9.17) is 5.73 Å². The second kappa shape index (κ2) is 2.97. The summed E-state index contributed by atoms with van der Waals surface area (Å²) in [6.45, 7) is 0.656. The molecule has 1 rings (SSSR count). The molecule has 0 saturated heterocycles. The number of nitrogens with two attached hydrogens (primary N) is 1. The molecule has 1 aliphatic carbocycles. The van der Waals surface area contributed by atoms with Crippen LogP contribution in [-0.4, -0.2) is 12.7 Å². The molecule has 0 radical (unpaired) electrons. The predicted octanol–water partition coefficient (Wildman–Crippen LogP) is 1.25. The molecule has 2 atom stereocenters. The first-order chi connectivity index (χ1) is 4.33. The molecule has 0 aliphatic heterocycles. The second-order valence-corrected chi connectivity index (χ2v) is 2.47. The van der Waals surface area contributed by atoms with Crippen molar-refractivity contribution in [2.24, 2.45) is 11.7 Å². The summed E-state index contributed by atoms with van der Waals surface area (Å²) >= 11 is 0. The fourth-order valence-corrected chi connectivity index (χ4v) is 1.04. The van der Waals surface area contributed by atoms with Crippen molar-refractivity contribution in [3.63, 3.8) is 0 Å². The fourth-order valence-electron chi connectivity index (χ4n) is 1.04. The zero-order valence-electron chi connectivity index (χ0n) is 5.39. The van der Waals surface area contributed by atoms with E-state index in [1.807, 2.05) is 6.08 Å². The Bertz CT molecular complexity index is 111. The van der Waals surface area contributed by atoms with Crippen molar-refractivity contribution in [2.45, 2.75) is 19.0 Å². The summed E-state index contributed by atoms with van der Waals surface area (Å²) < 4.78 is 12.4. The van der Waals surface area contributed by atoms with Gasteiger partial charge in [0.1, 0.15) is 6.17 Å². The molecule has 0 fully saturated rings. The smallest absolute Gasteiger partial charge is 0.118 e. The van der Waals surface area contributed by atoms with E-state index in [0.717, 1.165) is 6.42 Å². The maximum absolute atomic E-state index is 12.4. The van der Waals surface area contributed by atoms with E-state index in [-0.39, 0.29) is 0 Å². The molecule has 0 bridgehead atoms. The molecule has 0 spiro atoms. The Morgan fingerprint density at radius 2 is 2.22 bits per heavy atom. The Hall–Kier alpha value is -0.370. The van der Waals surface area contributed by atoms with Gasteiger partial charge >= 0.3 is 0 Å². The topological polar surface area (TPSA) is 26.0 Å². The van der Waals surface area contributed by atoms with Gasteiger partial charge in [-0.05, 0) is 25.3 Å². The van der Waals surface area contributed by atoms with Gasteiger partial charge in [-0.1, -0.05) is 12.2 Å². The molecule has 1 aliphatic rings. The van der Waals surface area contributed by atoms with Crippen LogP contribution >= 0.6 is 0 Å². The minimum absolute atomic E-state index is 0.428. The van der Waals surface area contributed by atoms with Crippen LogP contribution in [-0.2, 0) is 0 Å². The van der Waals surface area contributed by atoms with Crippen LogP contribution in [0.1, 0.15) is 12.8 Å². The maximum atomic E-state index is 12.4. The van der Waals surface area contributed by atoms with Crippen molar-refractivity contribution in [3.8, 4) is 0 Å². The van der Waals surface area contributed by atoms with Crippen molar-refractivity contribution >= 4 is 0 Å². The molecule has 0 aromatic carbocycles. The van der Waals surface area contributed by atoms with E-state index in [2.05, 4.69) is 0 Å². The first-order valence-electron chi connectivity index (χ1n) is 3.35. The number of hydrogen-bond acceptors (Lipinski definition) is 1. The molecule has 0 aromatic heterocycles. The molecule has 52 valence electrons. The molecule has 2 unspecified atom stereocenters. The normalized spacial score (nSPS) is 34.9. The van der Waals surface area contributed by atoms with Crippen LogP contribution < -0.4 is 5.73 Å². The number of rotatable bonds is 1. The van der Waals surface area contributed by atoms with Crippen molar-refractivity contribution in [2.75, 3.05) is 6.54 Å². The van der Waals surface area contributed by atoms with Crippen LogP contribution in [0.15, 0.2) is 12.2 Å². The van der Waals surface area contributed by atoms with Crippen LogP contribution in [0.25, 0.3) is 0 Å². The number of hydrogen-bond donors (Lipinski definition) is 1. The quantitative estimate of drug-likeness (QED) is 0.530. The Morgan fingerprint density at radius 3 is 2.67 bits per heavy atom. The summed E-state index contributed by atoms with van der Waals surface area (Å²) in [5, 5.41) is 0. The molecule has 0 saturated carbocycles. The average molecular weight is 129 g/mol.